The van der Waals surface area contributed by atoms with Crippen LogP contribution in [-0.4, -0.2) is 24.9 Å². The van der Waals surface area contributed by atoms with E-state index >= 15 is 0 Å². The number of hydrogen-bond acceptors (Lipinski definition) is 7. The Morgan fingerprint density at radius 3 is 2.56 bits per heavy atom. The molecule has 0 spiro atoms. The third-order valence-corrected chi connectivity index (χ3v) is 5.99. The Labute approximate surface area is 203 Å². The molecule has 0 aliphatic rings. The number of nitrogens with two attached hydrogens (primary N) is 1. The van der Waals surface area contributed by atoms with Gasteiger partial charge in [-0.25, -0.2) is 23.8 Å². The molecule has 0 amide bonds. The second-order valence-electron chi connectivity index (χ2n) is 8.27. The first-order chi connectivity index (χ1) is 17.5. The highest BCUT2D eigenvalue weighted by molar-refractivity contribution is 5.99. The van der Waals surface area contributed by atoms with E-state index in [9.17, 15) is 14.3 Å². The third kappa shape index (κ3) is 3.54. The number of rotatable bonds is 4. The molecule has 176 valence electrons. The maximum atomic E-state index is 14.1. The molecule has 0 unspecified atom stereocenters. The first kappa shape index (κ1) is 21.5. The average Bonchev–Trinajstić information content (AvgIpc) is 3.24. The van der Waals surface area contributed by atoms with Gasteiger partial charge in [0, 0.05) is 22.6 Å². The predicted molar refractivity (Wildman–Crippen MR) is 134 cm³/mol. The van der Waals surface area contributed by atoms with Crippen LogP contribution in [0.5, 0.6) is 5.75 Å². The normalized spacial score (nSPS) is 11.4. The maximum Gasteiger partial charge on any atom is 0.341 e. The summed E-state index contributed by atoms with van der Waals surface area (Å²) in [6, 6.07) is 20.5. The van der Waals surface area contributed by atoms with Crippen LogP contribution in [0.25, 0.3) is 44.4 Å². The minimum absolute atomic E-state index is 0.00560. The fourth-order valence-corrected chi connectivity index (χ4v) is 4.47. The van der Waals surface area contributed by atoms with Gasteiger partial charge in [0.15, 0.2) is 5.65 Å². The standard InChI is InChI=1S/C27H18FN5O3/c28-17-10-16(11-18(34)12-17)24-23-25(29)30-14-31-26(23)33(32-24)13-20-22(15-6-2-1-3-7-15)19-8-4-5-9-21(19)36-27(20)35/h1-12,14,34H,13H2,(H2,29,30,31). The molecule has 9 heteroatoms. The third-order valence-electron chi connectivity index (χ3n) is 5.99. The molecule has 3 N–H and O–H groups in total. The molecule has 6 rings (SSSR count). The van der Waals surface area contributed by atoms with Crippen molar-refractivity contribution in [1.29, 1.82) is 0 Å². The van der Waals surface area contributed by atoms with Gasteiger partial charge in [-0.3, -0.25) is 0 Å². The van der Waals surface area contributed by atoms with Crippen LogP contribution in [0.1, 0.15) is 5.56 Å². The molecule has 3 aromatic heterocycles. The van der Waals surface area contributed by atoms with E-state index in [1.165, 1.54) is 23.1 Å². The van der Waals surface area contributed by atoms with Crippen molar-refractivity contribution in [3.05, 3.63) is 101 Å². The quantitative estimate of drug-likeness (QED) is 0.350. The molecule has 0 aliphatic heterocycles. The van der Waals surface area contributed by atoms with Crippen molar-refractivity contribution in [2.24, 2.45) is 0 Å². The molecule has 0 fully saturated rings. The summed E-state index contributed by atoms with van der Waals surface area (Å²) in [4.78, 5) is 21.7. The minimum atomic E-state index is -0.635. The zero-order chi connectivity index (χ0) is 24.8. The molecule has 3 aromatic carbocycles. The zero-order valence-electron chi connectivity index (χ0n) is 18.7. The van der Waals surface area contributed by atoms with E-state index in [1.807, 2.05) is 42.5 Å². The number of hydrogen-bond donors (Lipinski definition) is 2. The summed E-state index contributed by atoms with van der Waals surface area (Å²) in [7, 11) is 0. The molecular formula is C27H18FN5O3. The van der Waals surface area contributed by atoms with Crippen LogP contribution < -0.4 is 11.4 Å². The van der Waals surface area contributed by atoms with Crippen LogP contribution >= 0.6 is 0 Å². The maximum absolute atomic E-state index is 14.1. The van der Waals surface area contributed by atoms with Crippen molar-refractivity contribution < 1.29 is 13.9 Å². The number of phenolic OH excluding ortho intramolecular Hbond substituents is 1. The van der Waals surface area contributed by atoms with Crippen molar-refractivity contribution in [3.8, 4) is 28.1 Å². The van der Waals surface area contributed by atoms with Gasteiger partial charge in [-0.1, -0.05) is 48.5 Å². The van der Waals surface area contributed by atoms with Gasteiger partial charge in [-0.2, -0.15) is 5.10 Å². The van der Waals surface area contributed by atoms with Gasteiger partial charge in [0.2, 0.25) is 0 Å². The molecule has 3 heterocycles. The molecule has 0 aliphatic carbocycles. The first-order valence-electron chi connectivity index (χ1n) is 11.1. The Balaban J connectivity index is 1.61. The largest absolute Gasteiger partial charge is 0.508 e. The molecular weight excluding hydrogens is 461 g/mol. The molecule has 0 saturated carbocycles. The first-order valence-corrected chi connectivity index (χ1v) is 11.1. The molecule has 6 aromatic rings. The van der Waals surface area contributed by atoms with E-state index in [0.717, 1.165) is 22.6 Å². The van der Waals surface area contributed by atoms with Crippen LogP contribution in [0.4, 0.5) is 10.2 Å². The summed E-state index contributed by atoms with van der Waals surface area (Å²) in [6.07, 6.45) is 1.30. The Kier molecular flexibility index (Phi) is 4.96. The highest BCUT2D eigenvalue weighted by Gasteiger charge is 2.22. The van der Waals surface area contributed by atoms with Crippen LogP contribution in [0.2, 0.25) is 0 Å². The molecule has 8 nitrogen and oxygen atoms in total. The van der Waals surface area contributed by atoms with E-state index in [1.54, 1.807) is 12.1 Å². The van der Waals surface area contributed by atoms with Crippen LogP contribution in [0.15, 0.2) is 88.3 Å². The van der Waals surface area contributed by atoms with Gasteiger partial charge in [-0.05, 0) is 23.8 Å². The lowest BCUT2D eigenvalue weighted by atomic mass is 9.97. The summed E-state index contributed by atoms with van der Waals surface area (Å²) in [6.45, 7) is 0.00560. The van der Waals surface area contributed by atoms with E-state index in [2.05, 4.69) is 15.1 Å². The number of nitrogens with zero attached hydrogens (tertiary/aromatic N) is 4. The van der Waals surface area contributed by atoms with E-state index in [4.69, 9.17) is 10.2 Å². The Morgan fingerprint density at radius 1 is 0.972 bits per heavy atom. The lowest BCUT2D eigenvalue weighted by Crippen LogP contribution is -2.15. The lowest BCUT2D eigenvalue weighted by Gasteiger charge is -2.12. The summed E-state index contributed by atoms with van der Waals surface area (Å²) >= 11 is 0. The van der Waals surface area contributed by atoms with Crippen LogP contribution in [0.3, 0.4) is 0 Å². The Morgan fingerprint density at radius 2 is 1.75 bits per heavy atom. The number of phenols is 1. The van der Waals surface area contributed by atoms with Crippen molar-refractivity contribution in [3.63, 3.8) is 0 Å². The molecule has 0 saturated heterocycles. The van der Waals surface area contributed by atoms with Gasteiger partial charge in [0.1, 0.15) is 35.0 Å². The van der Waals surface area contributed by atoms with Crippen molar-refractivity contribution in [2.75, 3.05) is 5.73 Å². The molecule has 0 bridgehead atoms. The molecule has 0 radical (unpaired) electrons. The highest BCUT2D eigenvalue weighted by Crippen LogP contribution is 2.34. The summed E-state index contributed by atoms with van der Waals surface area (Å²) in [5.74, 6) is -0.756. The van der Waals surface area contributed by atoms with E-state index < -0.39 is 11.4 Å². The summed E-state index contributed by atoms with van der Waals surface area (Å²) in [5.41, 5.74) is 8.99. The lowest BCUT2D eigenvalue weighted by molar-refractivity contribution is 0.469. The average molecular weight is 479 g/mol. The summed E-state index contributed by atoms with van der Waals surface area (Å²) in [5, 5.41) is 15.7. The SMILES string of the molecule is Nc1ncnc2c1c(-c1cc(O)cc(F)c1)nn2Cc1c(-c2ccccc2)c2ccccc2oc1=O. The van der Waals surface area contributed by atoms with Crippen molar-refractivity contribution in [1.82, 2.24) is 19.7 Å². The molecule has 36 heavy (non-hydrogen) atoms. The van der Waals surface area contributed by atoms with Crippen LogP contribution in [0, 0.1) is 5.82 Å². The fraction of sp³-hybridized carbons (Fsp3) is 0.0370. The van der Waals surface area contributed by atoms with Gasteiger partial charge in [0.05, 0.1) is 17.5 Å². The highest BCUT2D eigenvalue weighted by atomic mass is 19.1. The number of fused-ring (bicyclic) bond motifs is 2. The Bertz CT molecular complexity index is 1810. The fourth-order valence-electron chi connectivity index (χ4n) is 4.47. The number of nitrogen functional groups attached to an aromatic ring is 1. The Hall–Kier alpha value is -5.05. The van der Waals surface area contributed by atoms with Gasteiger partial charge in [-0.15, -0.1) is 0 Å². The second-order valence-corrected chi connectivity index (χ2v) is 8.27. The van der Waals surface area contributed by atoms with Crippen LogP contribution in [-0.2, 0) is 6.54 Å². The second kappa shape index (κ2) is 8.31. The minimum Gasteiger partial charge on any atom is -0.508 e. The van der Waals surface area contributed by atoms with E-state index in [0.29, 0.717) is 27.7 Å². The van der Waals surface area contributed by atoms with E-state index in [-0.39, 0.29) is 23.8 Å². The molecule has 0 atom stereocenters. The van der Waals surface area contributed by atoms with Gasteiger partial charge < -0.3 is 15.3 Å². The van der Waals surface area contributed by atoms with Crippen molar-refractivity contribution in [2.45, 2.75) is 6.54 Å². The number of aromatic hydroxyl groups is 1. The topological polar surface area (TPSA) is 120 Å². The summed E-state index contributed by atoms with van der Waals surface area (Å²) < 4.78 is 21.3. The number of anilines is 1. The predicted octanol–water partition coefficient (Wildman–Crippen LogP) is 4.74. The van der Waals surface area contributed by atoms with Gasteiger partial charge >= 0.3 is 5.63 Å². The smallest absolute Gasteiger partial charge is 0.341 e. The zero-order valence-corrected chi connectivity index (χ0v) is 18.7. The monoisotopic (exact) mass is 479 g/mol. The number of aromatic nitrogens is 4. The number of halogens is 1. The number of benzene rings is 3. The van der Waals surface area contributed by atoms with Gasteiger partial charge in [0.25, 0.3) is 0 Å². The van der Waals surface area contributed by atoms with Crippen molar-refractivity contribution >= 4 is 27.8 Å². The number of para-hydroxylation sites is 1.